The molecule has 10 nitrogen and oxygen atoms in total. The van der Waals surface area contributed by atoms with Gasteiger partial charge in [-0.15, -0.1) is 9.35 Å². The number of pyridine rings is 1. The van der Waals surface area contributed by atoms with Crippen LogP contribution in [0.3, 0.4) is 0 Å². The van der Waals surface area contributed by atoms with Gasteiger partial charge in [0, 0.05) is 31.7 Å². The minimum atomic E-state index is -4.97. The quantitative estimate of drug-likeness (QED) is 0.540. The lowest BCUT2D eigenvalue weighted by Gasteiger charge is -2.31. The summed E-state index contributed by atoms with van der Waals surface area (Å²) in [5.74, 6) is -1.67. The van der Waals surface area contributed by atoms with E-state index in [0.29, 0.717) is 5.56 Å². The number of amides is 2. The fourth-order valence-corrected chi connectivity index (χ4v) is 3.50. The SMILES string of the molecule is NC1CCN(c2ccc(C3CCC(=O)N(OS(=O)(=O)O)C3=O)cn2)CC1. The number of piperidine rings is 2. The van der Waals surface area contributed by atoms with Gasteiger partial charge in [-0.3, -0.25) is 14.1 Å². The summed E-state index contributed by atoms with van der Waals surface area (Å²) >= 11 is 0. The van der Waals surface area contributed by atoms with Crippen molar-refractivity contribution in [2.75, 3.05) is 18.0 Å². The minimum Gasteiger partial charge on any atom is -0.357 e. The number of carbonyl (C=O) groups excluding carboxylic acids is 2. The van der Waals surface area contributed by atoms with Gasteiger partial charge < -0.3 is 10.6 Å². The maximum atomic E-state index is 12.4. The highest BCUT2D eigenvalue weighted by Gasteiger charge is 2.39. The predicted octanol–water partition coefficient (Wildman–Crippen LogP) is -0.0239. The third-order valence-electron chi connectivity index (χ3n) is 4.58. The summed E-state index contributed by atoms with van der Waals surface area (Å²) in [5.41, 5.74) is 6.44. The van der Waals surface area contributed by atoms with Gasteiger partial charge in [-0.05, 0) is 30.9 Å². The second kappa shape index (κ2) is 7.27. The molecule has 3 N–H and O–H groups in total. The molecule has 3 rings (SSSR count). The van der Waals surface area contributed by atoms with Crippen LogP contribution in [-0.4, -0.2) is 54.0 Å². The summed E-state index contributed by atoms with van der Waals surface area (Å²) < 4.78 is 34.5. The molecule has 2 aliphatic heterocycles. The van der Waals surface area contributed by atoms with Crippen LogP contribution in [0.15, 0.2) is 18.3 Å². The molecular formula is C15H20N4O6S. The lowest BCUT2D eigenvalue weighted by atomic mass is 9.91. The Morgan fingerprint density at radius 2 is 1.88 bits per heavy atom. The average molecular weight is 384 g/mol. The Bertz CT molecular complexity index is 789. The lowest BCUT2D eigenvalue weighted by molar-refractivity contribution is -0.178. The highest BCUT2D eigenvalue weighted by molar-refractivity contribution is 7.80. The van der Waals surface area contributed by atoms with E-state index in [9.17, 15) is 18.0 Å². The van der Waals surface area contributed by atoms with E-state index < -0.39 is 28.1 Å². The molecule has 0 radical (unpaired) electrons. The van der Waals surface area contributed by atoms with Gasteiger partial charge in [0.1, 0.15) is 5.82 Å². The second-order valence-electron chi connectivity index (χ2n) is 6.39. The van der Waals surface area contributed by atoms with Crippen molar-refractivity contribution in [1.82, 2.24) is 10.0 Å². The van der Waals surface area contributed by atoms with Gasteiger partial charge in [0.25, 0.3) is 11.8 Å². The largest absolute Gasteiger partial charge is 0.419 e. The summed E-state index contributed by atoms with van der Waals surface area (Å²) in [7, 11) is -4.97. The van der Waals surface area contributed by atoms with Crippen LogP contribution in [0, 0.1) is 0 Å². The molecule has 142 valence electrons. The van der Waals surface area contributed by atoms with Crippen molar-refractivity contribution in [2.24, 2.45) is 5.73 Å². The molecule has 0 spiro atoms. The van der Waals surface area contributed by atoms with E-state index in [4.69, 9.17) is 10.3 Å². The lowest BCUT2D eigenvalue weighted by Crippen LogP contribution is -2.45. The maximum Gasteiger partial charge on any atom is 0.419 e. The van der Waals surface area contributed by atoms with Crippen molar-refractivity contribution in [3.63, 3.8) is 0 Å². The summed E-state index contributed by atoms with van der Waals surface area (Å²) in [5, 5.41) is 0.101. The molecule has 2 saturated heterocycles. The molecule has 0 aromatic carbocycles. The highest BCUT2D eigenvalue weighted by Crippen LogP contribution is 2.30. The number of nitrogens with two attached hydrogens (primary N) is 1. The molecule has 2 aliphatic rings. The second-order valence-corrected chi connectivity index (χ2v) is 7.40. The van der Waals surface area contributed by atoms with Gasteiger partial charge in [0.2, 0.25) is 0 Å². The summed E-state index contributed by atoms with van der Waals surface area (Å²) in [4.78, 5) is 30.6. The monoisotopic (exact) mass is 384 g/mol. The topological polar surface area (TPSA) is 143 Å². The standard InChI is InChI=1S/C15H20N4O6S/c16-11-5-7-18(8-6-11)13-3-1-10(9-17-13)12-2-4-14(20)19(15(12)21)25-26(22,23)24/h1,3,9,11-12H,2,4-8,16H2,(H,22,23,24). The summed E-state index contributed by atoms with van der Waals surface area (Å²) in [6.07, 6.45) is 3.43. The van der Waals surface area contributed by atoms with Crippen LogP contribution in [-0.2, 0) is 24.3 Å². The zero-order valence-corrected chi connectivity index (χ0v) is 14.8. The molecular weight excluding hydrogens is 364 g/mol. The van der Waals surface area contributed by atoms with Gasteiger partial charge >= 0.3 is 10.4 Å². The van der Waals surface area contributed by atoms with Crippen LogP contribution in [0.25, 0.3) is 0 Å². The number of aromatic nitrogens is 1. The number of rotatable bonds is 4. The molecule has 0 bridgehead atoms. The van der Waals surface area contributed by atoms with Crippen LogP contribution in [0.1, 0.15) is 37.2 Å². The third kappa shape index (κ3) is 4.18. The number of imide groups is 1. The number of carbonyl (C=O) groups is 2. The Morgan fingerprint density at radius 3 is 2.46 bits per heavy atom. The van der Waals surface area contributed by atoms with Gasteiger partial charge in [-0.25, -0.2) is 4.98 Å². The van der Waals surface area contributed by atoms with Gasteiger partial charge in [-0.2, -0.15) is 8.42 Å². The first-order valence-electron chi connectivity index (χ1n) is 8.25. The molecule has 0 saturated carbocycles. The van der Waals surface area contributed by atoms with E-state index in [1.807, 2.05) is 0 Å². The molecule has 1 aromatic heterocycles. The number of hydrogen-bond donors (Lipinski definition) is 2. The molecule has 3 heterocycles. The van der Waals surface area contributed by atoms with Crippen LogP contribution in [0.2, 0.25) is 0 Å². The van der Waals surface area contributed by atoms with E-state index >= 15 is 0 Å². The van der Waals surface area contributed by atoms with E-state index in [-0.39, 0.29) is 23.9 Å². The average Bonchev–Trinajstić information content (AvgIpc) is 2.59. The predicted molar refractivity (Wildman–Crippen MR) is 90.1 cm³/mol. The van der Waals surface area contributed by atoms with E-state index in [1.54, 1.807) is 12.1 Å². The minimum absolute atomic E-state index is 0.0856. The van der Waals surface area contributed by atoms with Crippen molar-refractivity contribution in [2.45, 2.75) is 37.6 Å². The third-order valence-corrected chi connectivity index (χ3v) is 4.91. The van der Waals surface area contributed by atoms with Crippen LogP contribution in [0.5, 0.6) is 0 Å². The first-order valence-corrected chi connectivity index (χ1v) is 9.61. The van der Waals surface area contributed by atoms with Gasteiger partial charge in [0.15, 0.2) is 0 Å². The van der Waals surface area contributed by atoms with Gasteiger partial charge in [-0.1, -0.05) is 6.07 Å². The van der Waals surface area contributed by atoms with Crippen molar-refractivity contribution >= 4 is 28.0 Å². The smallest absolute Gasteiger partial charge is 0.357 e. The van der Waals surface area contributed by atoms with E-state index in [0.717, 1.165) is 31.7 Å². The van der Waals surface area contributed by atoms with Gasteiger partial charge in [0.05, 0.1) is 5.92 Å². The molecule has 1 aromatic rings. The van der Waals surface area contributed by atoms with Crippen molar-refractivity contribution in [1.29, 1.82) is 0 Å². The first kappa shape index (κ1) is 18.7. The zero-order chi connectivity index (χ0) is 18.9. The van der Waals surface area contributed by atoms with Crippen molar-refractivity contribution < 1.29 is 26.8 Å². The van der Waals surface area contributed by atoms with Crippen LogP contribution >= 0.6 is 0 Å². The number of hydrogen-bond acceptors (Lipinski definition) is 8. The number of anilines is 1. The molecule has 2 amide bonds. The molecule has 0 aliphatic carbocycles. The molecule has 1 atom stereocenters. The fraction of sp³-hybridized carbons (Fsp3) is 0.533. The van der Waals surface area contributed by atoms with Crippen LogP contribution < -0.4 is 10.6 Å². The normalized spacial score (nSPS) is 22.8. The Balaban J connectivity index is 1.74. The number of hydroxylamine groups is 2. The first-order chi connectivity index (χ1) is 12.2. The van der Waals surface area contributed by atoms with Crippen molar-refractivity contribution in [3.8, 4) is 0 Å². The fourth-order valence-electron chi connectivity index (χ4n) is 3.16. The Labute approximate surface area is 150 Å². The number of nitrogens with zero attached hydrogens (tertiary/aromatic N) is 3. The Kier molecular flexibility index (Phi) is 5.23. The Morgan fingerprint density at radius 1 is 1.19 bits per heavy atom. The van der Waals surface area contributed by atoms with E-state index in [1.165, 1.54) is 6.20 Å². The molecule has 11 heteroatoms. The zero-order valence-electron chi connectivity index (χ0n) is 13.9. The summed E-state index contributed by atoms with van der Waals surface area (Å²) in [6, 6.07) is 3.71. The Hall–Kier alpha value is -2.08. The molecule has 2 fully saturated rings. The molecule has 1 unspecified atom stereocenters. The van der Waals surface area contributed by atoms with Crippen molar-refractivity contribution in [3.05, 3.63) is 23.9 Å². The molecule has 26 heavy (non-hydrogen) atoms. The summed E-state index contributed by atoms with van der Waals surface area (Å²) in [6.45, 7) is 1.61. The van der Waals surface area contributed by atoms with E-state index in [2.05, 4.69) is 14.2 Å². The van der Waals surface area contributed by atoms with Crippen LogP contribution in [0.4, 0.5) is 5.82 Å². The maximum absolute atomic E-state index is 12.4. The highest BCUT2D eigenvalue weighted by atomic mass is 32.3.